The molecule has 1 N–H and O–H groups in total. The molecule has 1 amide bonds. The number of carbonyl (C=O) groups is 1. The van der Waals surface area contributed by atoms with E-state index in [0.29, 0.717) is 29.8 Å². The topological polar surface area (TPSA) is 41.6 Å². The summed E-state index contributed by atoms with van der Waals surface area (Å²) in [6.07, 6.45) is 0. The maximum Gasteiger partial charge on any atom is 0.252 e. The SMILES string of the molecule is CC(C)(CNC(=O)c1cc(F)ccc1Br)N1CCOCC1. The second kappa shape index (κ2) is 6.85. The molecule has 116 valence electrons. The fourth-order valence-corrected chi connectivity index (χ4v) is 2.77. The van der Waals surface area contributed by atoms with E-state index in [9.17, 15) is 9.18 Å². The molecule has 4 nitrogen and oxygen atoms in total. The first-order valence-corrected chi connectivity index (χ1v) is 7.75. The molecule has 1 aromatic rings. The van der Waals surface area contributed by atoms with Gasteiger partial charge in [-0.05, 0) is 48.0 Å². The van der Waals surface area contributed by atoms with Gasteiger partial charge in [-0.2, -0.15) is 0 Å². The van der Waals surface area contributed by atoms with Gasteiger partial charge in [0.1, 0.15) is 5.82 Å². The quantitative estimate of drug-likeness (QED) is 0.898. The van der Waals surface area contributed by atoms with E-state index in [0.717, 1.165) is 13.1 Å². The summed E-state index contributed by atoms with van der Waals surface area (Å²) in [6, 6.07) is 4.09. The molecule has 1 fully saturated rings. The van der Waals surface area contributed by atoms with Crippen LogP contribution in [0.5, 0.6) is 0 Å². The Kier molecular flexibility index (Phi) is 5.35. The molecule has 0 aromatic heterocycles. The molecule has 0 bridgehead atoms. The zero-order chi connectivity index (χ0) is 15.5. The van der Waals surface area contributed by atoms with Crippen LogP contribution in [-0.2, 0) is 4.74 Å². The molecule has 0 unspecified atom stereocenters. The fourth-order valence-electron chi connectivity index (χ4n) is 2.34. The third-order valence-electron chi connectivity index (χ3n) is 3.72. The summed E-state index contributed by atoms with van der Waals surface area (Å²) in [6.45, 7) is 7.80. The number of hydrogen-bond acceptors (Lipinski definition) is 3. The van der Waals surface area contributed by atoms with Crippen LogP contribution in [0.1, 0.15) is 24.2 Å². The standard InChI is InChI=1S/C15H20BrFN2O2/c1-15(2,19-5-7-21-8-6-19)10-18-14(20)12-9-11(17)3-4-13(12)16/h3-4,9H,5-8,10H2,1-2H3,(H,18,20). The van der Waals surface area contributed by atoms with E-state index in [-0.39, 0.29) is 11.4 Å². The Bertz CT molecular complexity index is 516. The molecule has 1 heterocycles. The van der Waals surface area contributed by atoms with Gasteiger partial charge in [0.05, 0.1) is 18.8 Å². The van der Waals surface area contributed by atoms with Gasteiger partial charge in [-0.1, -0.05) is 0 Å². The third-order valence-corrected chi connectivity index (χ3v) is 4.41. The Balaban J connectivity index is 1.98. The number of nitrogens with zero attached hydrogens (tertiary/aromatic N) is 1. The molecular weight excluding hydrogens is 339 g/mol. The highest BCUT2D eigenvalue weighted by Gasteiger charge is 2.28. The second-order valence-corrected chi connectivity index (χ2v) is 6.57. The smallest absolute Gasteiger partial charge is 0.252 e. The van der Waals surface area contributed by atoms with Gasteiger partial charge >= 0.3 is 0 Å². The summed E-state index contributed by atoms with van der Waals surface area (Å²) < 4.78 is 19.2. The van der Waals surface area contributed by atoms with Crippen LogP contribution in [0.4, 0.5) is 4.39 Å². The van der Waals surface area contributed by atoms with E-state index in [2.05, 4.69) is 40.0 Å². The van der Waals surface area contributed by atoms with Gasteiger partial charge in [0.25, 0.3) is 5.91 Å². The number of carbonyl (C=O) groups excluding carboxylic acids is 1. The van der Waals surface area contributed by atoms with Gasteiger partial charge in [-0.15, -0.1) is 0 Å². The number of halogens is 2. The minimum absolute atomic E-state index is 0.167. The van der Waals surface area contributed by atoms with Gasteiger partial charge in [0.15, 0.2) is 0 Å². The fraction of sp³-hybridized carbons (Fsp3) is 0.533. The van der Waals surface area contributed by atoms with Crippen LogP contribution in [0.25, 0.3) is 0 Å². The molecule has 0 spiro atoms. The van der Waals surface area contributed by atoms with Crippen molar-refractivity contribution in [2.24, 2.45) is 0 Å². The first-order valence-electron chi connectivity index (χ1n) is 6.96. The second-order valence-electron chi connectivity index (χ2n) is 5.72. The summed E-state index contributed by atoms with van der Waals surface area (Å²) >= 11 is 3.27. The number of morpholine rings is 1. The molecule has 1 aromatic carbocycles. The molecule has 1 aliphatic rings. The van der Waals surface area contributed by atoms with Gasteiger partial charge in [0.2, 0.25) is 0 Å². The average molecular weight is 359 g/mol. The highest BCUT2D eigenvalue weighted by molar-refractivity contribution is 9.10. The zero-order valence-corrected chi connectivity index (χ0v) is 13.9. The number of ether oxygens (including phenoxy) is 1. The Morgan fingerprint density at radius 2 is 2.10 bits per heavy atom. The zero-order valence-electron chi connectivity index (χ0n) is 12.3. The lowest BCUT2D eigenvalue weighted by Gasteiger charge is -2.40. The third kappa shape index (κ3) is 4.25. The number of nitrogens with one attached hydrogen (secondary N) is 1. The first-order chi connectivity index (χ1) is 9.90. The van der Waals surface area contributed by atoms with E-state index < -0.39 is 5.82 Å². The Morgan fingerprint density at radius 3 is 2.76 bits per heavy atom. The Morgan fingerprint density at radius 1 is 1.43 bits per heavy atom. The molecule has 21 heavy (non-hydrogen) atoms. The normalized spacial score (nSPS) is 16.8. The average Bonchev–Trinajstić information content (AvgIpc) is 2.48. The van der Waals surface area contributed by atoms with E-state index in [4.69, 9.17) is 4.74 Å². The predicted molar refractivity (Wildman–Crippen MR) is 82.9 cm³/mol. The Labute approximate surface area is 132 Å². The highest BCUT2D eigenvalue weighted by Crippen LogP contribution is 2.19. The minimum Gasteiger partial charge on any atom is -0.379 e. The lowest BCUT2D eigenvalue weighted by molar-refractivity contribution is -0.00923. The molecule has 6 heteroatoms. The molecule has 1 aliphatic heterocycles. The summed E-state index contributed by atoms with van der Waals surface area (Å²) in [5.41, 5.74) is 0.145. The van der Waals surface area contributed by atoms with E-state index in [1.165, 1.54) is 18.2 Å². The maximum atomic E-state index is 13.2. The lowest BCUT2D eigenvalue weighted by atomic mass is 10.0. The molecule has 0 aliphatic carbocycles. The van der Waals surface area contributed by atoms with Crippen LogP contribution in [0.15, 0.2) is 22.7 Å². The van der Waals surface area contributed by atoms with Crippen molar-refractivity contribution in [3.8, 4) is 0 Å². The van der Waals surface area contributed by atoms with Gasteiger partial charge in [-0.3, -0.25) is 9.69 Å². The monoisotopic (exact) mass is 358 g/mol. The molecular formula is C15H20BrFN2O2. The summed E-state index contributed by atoms with van der Waals surface area (Å²) in [5.74, 6) is -0.696. The number of rotatable bonds is 4. The van der Waals surface area contributed by atoms with Crippen molar-refractivity contribution in [2.45, 2.75) is 19.4 Å². The van der Waals surface area contributed by atoms with Crippen molar-refractivity contribution < 1.29 is 13.9 Å². The number of hydrogen-bond donors (Lipinski definition) is 1. The minimum atomic E-state index is -0.421. The van der Waals surface area contributed by atoms with Crippen LogP contribution < -0.4 is 5.32 Å². The molecule has 2 rings (SSSR count). The van der Waals surface area contributed by atoms with E-state index >= 15 is 0 Å². The van der Waals surface area contributed by atoms with E-state index in [1.54, 1.807) is 0 Å². The summed E-state index contributed by atoms with van der Waals surface area (Å²) in [5, 5.41) is 2.89. The largest absolute Gasteiger partial charge is 0.379 e. The van der Waals surface area contributed by atoms with Gasteiger partial charge in [0, 0.05) is 29.6 Å². The molecule has 0 saturated carbocycles. The van der Waals surface area contributed by atoms with Crippen molar-refractivity contribution in [1.82, 2.24) is 10.2 Å². The molecule has 0 atom stereocenters. The van der Waals surface area contributed by atoms with Crippen molar-refractivity contribution in [1.29, 1.82) is 0 Å². The van der Waals surface area contributed by atoms with Crippen LogP contribution in [0.3, 0.4) is 0 Å². The predicted octanol–water partition coefficient (Wildman–Crippen LogP) is 2.43. The Hall–Kier alpha value is -0.980. The van der Waals surface area contributed by atoms with E-state index in [1.807, 2.05) is 0 Å². The summed E-state index contributed by atoms with van der Waals surface area (Å²) in [7, 11) is 0. The van der Waals surface area contributed by atoms with Crippen molar-refractivity contribution in [3.05, 3.63) is 34.1 Å². The van der Waals surface area contributed by atoms with Crippen molar-refractivity contribution >= 4 is 21.8 Å². The maximum absolute atomic E-state index is 13.2. The number of amides is 1. The van der Waals surface area contributed by atoms with Crippen LogP contribution in [0, 0.1) is 5.82 Å². The van der Waals surface area contributed by atoms with Crippen molar-refractivity contribution in [3.63, 3.8) is 0 Å². The van der Waals surface area contributed by atoms with Crippen LogP contribution in [-0.4, -0.2) is 49.2 Å². The molecule has 0 radical (unpaired) electrons. The molecule has 1 saturated heterocycles. The van der Waals surface area contributed by atoms with Gasteiger partial charge < -0.3 is 10.1 Å². The summed E-state index contributed by atoms with van der Waals surface area (Å²) in [4.78, 5) is 14.5. The van der Waals surface area contributed by atoms with Crippen molar-refractivity contribution in [2.75, 3.05) is 32.8 Å². The first kappa shape index (κ1) is 16.4. The van der Waals surface area contributed by atoms with Crippen LogP contribution in [0.2, 0.25) is 0 Å². The lowest BCUT2D eigenvalue weighted by Crippen LogP contribution is -2.55. The van der Waals surface area contributed by atoms with Gasteiger partial charge in [-0.25, -0.2) is 4.39 Å². The van der Waals surface area contributed by atoms with Crippen LogP contribution >= 0.6 is 15.9 Å². The number of benzene rings is 1. The highest BCUT2D eigenvalue weighted by atomic mass is 79.9.